The van der Waals surface area contributed by atoms with Crippen molar-refractivity contribution in [1.82, 2.24) is 28.9 Å². The molecule has 0 amide bonds. The molecule has 0 radical (unpaired) electrons. The van der Waals surface area contributed by atoms with E-state index in [1.807, 2.05) is 109 Å². The molecule has 0 aliphatic carbocycles. The molecule has 0 spiro atoms. The Morgan fingerprint density at radius 3 is 1.56 bits per heavy atom. The van der Waals surface area contributed by atoms with Gasteiger partial charge < -0.3 is 18.9 Å². The molecule has 0 saturated heterocycles. The minimum absolute atomic E-state index is 0.147. The van der Waals surface area contributed by atoms with Crippen LogP contribution in [0.5, 0.6) is 5.88 Å². The van der Waals surface area contributed by atoms with Crippen LogP contribution in [-0.2, 0) is 40.6 Å². The first-order valence-corrected chi connectivity index (χ1v) is 20.6. The van der Waals surface area contributed by atoms with E-state index in [2.05, 4.69) is 23.4 Å². The average Bonchev–Trinajstić information content (AvgIpc) is 4.01. The molecule has 0 fully saturated rings. The molecule has 15 heteroatoms. The van der Waals surface area contributed by atoms with Gasteiger partial charge in [0.1, 0.15) is 26.4 Å². The van der Waals surface area contributed by atoms with Crippen LogP contribution in [0.25, 0.3) is 32.7 Å². The monoisotopic (exact) mass is 884 g/mol. The number of H-pyrrole nitrogens is 1. The number of aromatic amines is 1. The third-order valence-electron chi connectivity index (χ3n) is 9.78. The summed E-state index contributed by atoms with van der Waals surface area (Å²) in [5, 5.41) is 8.38. The Bertz CT molecular complexity index is 3220. The predicted octanol–water partition coefficient (Wildman–Crippen LogP) is 9.47. The molecule has 332 valence electrons. The van der Waals surface area contributed by atoms with Crippen LogP contribution in [0, 0.1) is 0 Å². The van der Waals surface area contributed by atoms with Crippen molar-refractivity contribution < 1.29 is 33.3 Å². The number of carbonyl (C=O) groups excluding carboxylic acids is 3. The van der Waals surface area contributed by atoms with Crippen LogP contribution in [0.2, 0.25) is 0 Å². The van der Waals surface area contributed by atoms with Crippen LogP contribution in [0.4, 0.5) is 14.4 Å². The Balaban J connectivity index is 0.000000148. The third kappa shape index (κ3) is 10.8. The van der Waals surface area contributed by atoms with Crippen LogP contribution >= 0.6 is 0 Å². The van der Waals surface area contributed by atoms with Gasteiger partial charge in [-0.05, 0) is 53.1 Å². The Kier molecular flexibility index (Phi) is 14.9. The maximum absolute atomic E-state index is 12.5. The predicted molar refractivity (Wildman–Crippen MR) is 250 cm³/mol. The van der Waals surface area contributed by atoms with E-state index in [4.69, 9.17) is 18.9 Å². The lowest BCUT2D eigenvalue weighted by Gasteiger charge is -2.10. The Morgan fingerprint density at radius 1 is 0.530 bits per heavy atom. The van der Waals surface area contributed by atoms with Crippen molar-refractivity contribution in [3.63, 3.8) is 0 Å². The number of ether oxygens (including phenoxy) is 4. The van der Waals surface area contributed by atoms with Gasteiger partial charge in [-0.1, -0.05) is 146 Å². The molecular weight excluding hydrogens is 841 g/mol. The topological polar surface area (TPSA) is 171 Å². The molecule has 0 atom stereocenters. The summed E-state index contributed by atoms with van der Waals surface area (Å²) < 4.78 is 26.3. The second kappa shape index (κ2) is 21.9. The normalized spacial score (nSPS) is 10.5. The number of nitrogens with one attached hydrogen (secondary N) is 1. The summed E-state index contributed by atoms with van der Waals surface area (Å²) in [7, 11) is 0. The number of fused-ring (bicyclic) bond motifs is 3. The smallest absolute Gasteiger partial charge is 0.435 e. The molecule has 0 aliphatic rings. The van der Waals surface area contributed by atoms with E-state index in [9.17, 15) is 24.0 Å². The van der Waals surface area contributed by atoms with Crippen LogP contribution in [0.3, 0.4) is 0 Å². The summed E-state index contributed by atoms with van der Waals surface area (Å²) in [6.45, 7) is 8.29. The molecule has 3 aromatic heterocycles. The number of aromatic nitrogens is 6. The van der Waals surface area contributed by atoms with E-state index in [1.165, 1.54) is 14.0 Å². The average molecular weight is 885 g/mol. The highest BCUT2D eigenvalue weighted by Crippen LogP contribution is 2.25. The van der Waals surface area contributed by atoms with Gasteiger partial charge in [0, 0.05) is 0 Å². The van der Waals surface area contributed by atoms with Gasteiger partial charge in [0.2, 0.25) is 5.88 Å². The molecule has 0 saturated carbocycles. The maximum atomic E-state index is 12.5. The van der Waals surface area contributed by atoms with Crippen molar-refractivity contribution in [2.75, 3.05) is 6.61 Å². The summed E-state index contributed by atoms with van der Waals surface area (Å²) in [6.07, 6.45) is 1.46. The summed E-state index contributed by atoms with van der Waals surface area (Å²) in [4.78, 5) is 60.9. The minimum Gasteiger partial charge on any atom is -0.472 e. The summed E-state index contributed by atoms with van der Waals surface area (Å²) >= 11 is 0. The summed E-state index contributed by atoms with van der Waals surface area (Å²) in [5.41, 5.74) is 3.82. The second-order valence-electron chi connectivity index (χ2n) is 14.3. The van der Waals surface area contributed by atoms with Crippen molar-refractivity contribution in [2.24, 2.45) is 0 Å². The molecule has 0 bridgehead atoms. The van der Waals surface area contributed by atoms with E-state index in [1.54, 1.807) is 66.7 Å². The number of benzene rings is 6. The van der Waals surface area contributed by atoms with Gasteiger partial charge in [-0.25, -0.2) is 19.1 Å². The van der Waals surface area contributed by atoms with Gasteiger partial charge >= 0.3 is 18.3 Å². The molecule has 1 N–H and O–H groups in total. The lowest BCUT2D eigenvalue weighted by molar-refractivity contribution is 0.135. The van der Waals surface area contributed by atoms with Crippen LogP contribution in [0.1, 0.15) is 16.7 Å². The molecule has 9 rings (SSSR count). The number of rotatable bonds is 11. The van der Waals surface area contributed by atoms with E-state index in [0.717, 1.165) is 26.8 Å². The molecule has 0 aliphatic heterocycles. The van der Waals surface area contributed by atoms with Gasteiger partial charge in [0.05, 0.1) is 39.3 Å². The van der Waals surface area contributed by atoms with E-state index in [-0.39, 0.29) is 37.5 Å². The number of carbonyl (C=O) groups is 3. The zero-order chi connectivity index (χ0) is 46.3. The van der Waals surface area contributed by atoms with Crippen molar-refractivity contribution >= 4 is 51.0 Å². The summed E-state index contributed by atoms with van der Waals surface area (Å²) in [6, 6.07) is 49.4. The van der Waals surface area contributed by atoms with Gasteiger partial charge in [-0.2, -0.15) is 14.0 Å². The lowest BCUT2D eigenvalue weighted by atomic mass is 10.2. The molecule has 6 aromatic carbocycles. The van der Waals surface area contributed by atoms with Crippen LogP contribution in [0.15, 0.2) is 199 Å². The summed E-state index contributed by atoms with van der Waals surface area (Å²) in [5.74, 6) is 0.386. The molecule has 0 unspecified atom stereocenters. The Labute approximate surface area is 377 Å². The van der Waals surface area contributed by atoms with E-state index in [0.29, 0.717) is 39.8 Å². The number of hydrogen-bond acceptors (Lipinski definition) is 10. The van der Waals surface area contributed by atoms with E-state index < -0.39 is 18.3 Å². The molecular formula is C51H44N6O9. The third-order valence-corrected chi connectivity index (χ3v) is 9.78. The number of para-hydroxylation sites is 3. The highest BCUT2D eigenvalue weighted by atomic mass is 16.6. The molecule has 66 heavy (non-hydrogen) atoms. The Morgan fingerprint density at radius 2 is 1.00 bits per heavy atom. The first-order chi connectivity index (χ1) is 32.3. The number of allylic oxidation sites excluding steroid dienone is 1. The highest BCUT2D eigenvalue weighted by Gasteiger charge is 2.20. The molecule has 3 heterocycles. The van der Waals surface area contributed by atoms with Crippen molar-refractivity contribution in [1.29, 1.82) is 0 Å². The van der Waals surface area contributed by atoms with Crippen molar-refractivity contribution in [3.05, 3.63) is 226 Å². The zero-order valence-corrected chi connectivity index (χ0v) is 35.6. The molecule has 15 nitrogen and oxygen atoms in total. The first kappa shape index (κ1) is 45.1. The van der Waals surface area contributed by atoms with Crippen molar-refractivity contribution in [3.8, 4) is 5.88 Å². The van der Waals surface area contributed by atoms with Gasteiger partial charge in [0.15, 0.2) is 0 Å². The maximum Gasteiger partial charge on any atom is 0.435 e. The second-order valence-corrected chi connectivity index (χ2v) is 14.3. The number of nitrogens with zero attached hydrogens (tertiary/aromatic N) is 5. The number of hydrogen-bond donors (Lipinski definition) is 1. The van der Waals surface area contributed by atoms with Gasteiger partial charge in [0.25, 0.3) is 11.1 Å². The quantitative estimate of drug-likeness (QED) is 0.0975. The van der Waals surface area contributed by atoms with Gasteiger partial charge in [-0.15, -0.1) is 11.7 Å². The van der Waals surface area contributed by atoms with Gasteiger partial charge in [-0.3, -0.25) is 14.7 Å². The highest BCUT2D eigenvalue weighted by molar-refractivity contribution is 5.92. The van der Waals surface area contributed by atoms with Crippen LogP contribution < -0.4 is 15.9 Å². The fourth-order valence-electron chi connectivity index (χ4n) is 6.68. The minimum atomic E-state index is -0.604. The van der Waals surface area contributed by atoms with Crippen molar-refractivity contribution in [2.45, 2.75) is 26.4 Å². The fourth-order valence-corrected chi connectivity index (χ4v) is 6.68. The fraction of sp³-hybridized carbons (Fsp3) is 0.0980. The zero-order valence-electron chi connectivity index (χ0n) is 35.6. The van der Waals surface area contributed by atoms with Crippen LogP contribution in [-0.4, -0.2) is 53.8 Å². The first-order valence-electron chi connectivity index (χ1n) is 20.6. The molecule has 9 aromatic rings. The standard InChI is InChI=1S/2C18H16N2O3.C15H12N2O3/c1-2-12-22-17-15-10-6-7-11-16(15)20(19-17)18(21)23-13-14-8-4-3-5-9-14;1-2-12-19-17(21)15-10-6-7-11-16(15)20(19)18(22)23-13-14-8-4-3-5-9-14;18-14-12-8-4-5-9-13(12)17(16-14)15(19)20-10-11-6-2-1-3-7-11/h2*2-11H,1,12-13H2;1-9H,10H2,(H,16,18). The largest absolute Gasteiger partial charge is 0.472 e. The Hall–Kier alpha value is -8.98. The lowest BCUT2D eigenvalue weighted by Crippen LogP contribution is -2.27. The SMILES string of the molecule is C=CCOc1nn(C(=O)OCc2ccccc2)c2ccccc12.C=CCn1c(=O)c2ccccc2n1C(=O)OCc1ccccc1.O=C(OCc1ccccc1)n1[nH]c(=O)c2ccccc21. The van der Waals surface area contributed by atoms with E-state index >= 15 is 0 Å².